The zero-order chi connectivity index (χ0) is 24.5. The van der Waals surface area contributed by atoms with Crippen LogP contribution in [0.15, 0.2) is 70.9 Å². The monoisotopic (exact) mass is 466 g/mol. The molecule has 1 aliphatic rings. The van der Waals surface area contributed by atoms with Crippen molar-refractivity contribution in [3.05, 3.63) is 82.8 Å². The second-order valence-electron chi connectivity index (χ2n) is 8.28. The largest absolute Gasteiger partial charge is 0.466 e. The minimum Gasteiger partial charge on any atom is -0.466 e. The van der Waals surface area contributed by atoms with E-state index in [-0.39, 0.29) is 5.82 Å². The van der Waals surface area contributed by atoms with Crippen LogP contribution in [0.5, 0.6) is 0 Å². The van der Waals surface area contributed by atoms with Crippen LogP contribution in [-0.2, 0) is 16.1 Å². The van der Waals surface area contributed by atoms with Gasteiger partial charge in [-0.25, -0.2) is 9.18 Å². The van der Waals surface area contributed by atoms with Crippen LogP contribution in [0.25, 0.3) is 0 Å². The van der Waals surface area contributed by atoms with E-state index >= 15 is 0 Å². The van der Waals surface area contributed by atoms with Crippen molar-refractivity contribution in [2.75, 3.05) is 33.3 Å². The van der Waals surface area contributed by atoms with E-state index in [9.17, 15) is 9.18 Å². The van der Waals surface area contributed by atoms with Crippen molar-refractivity contribution in [1.29, 1.82) is 0 Å². The number of halogens is 1. The first-order valence-electron chi connectivity index (χ1n) is 11.9. The molecule has 2 aromatic rings. The lowest BCUT2D eigenvalue weighted by Gasteiger charge is -2.38. The summed E-state index contributed by atoms with van der Waals surface area (Å²) < 4.78 is 19.2. The number of nitrogens with one attached hydrogen (secondary N) is 1. The van der Waals surface area contributed by atoms with Gasteiger partial charge in [0.2, 0.25) is 0 Å². The molecule has 0 radical (unpaired) electrons. The summed E-state index contributed by atoms with van der Waals surface area (Å²) in [6.45, 7) is 10.4. The highest BCUT2D eigenvalue weighted by Gasteiger charge is 2.35. The number of ether oxygens (including phenoxy) is 1. The van der Waals surface area contributed by atoms with Crippen LogP contribution in [0, 0.1) is 5.82 Å². The molecule has 1 atom stereocenters. The van der Waals surface area contributed by atoms with E-state index in [4.69, 9.17) is 9.73 Å². The van der Waals surface area contributed by atoms with E-state index in [1.165, 1.54) is 19.2 Å². The molecule has 7 heteroatoms. The third-order valence-corrected chi connectivity index (χ3v) is 6.17. The Labute approximate surface area is 202 Å². The number of esters is 1. The van der Waals surface area contributed by atoms with Gasteiger partial charge in [-0.1, -0.05) is 56.3 Å². The summed E-state index contributed by atoms with van der Waals surface area (Å²) in [6.07, 6.45) is 0.920. The van der Waals surface area contributed by atoms with Gasteiger partial charge in [0.1, 0.15) is 5.82 Å². The van der Waals surface area contributed by atoms with Gasteiger partial charge in [-0.05, 0) is 56.2 Å². The molecule has 1 N–H and O–H groups in total. The van der Waals surface area contributed by atoms with Gasteiger partial charge in [0.25, 0.3) is 0 Å². The Morgan fingerprint density at radius 1 is 1.15 bits per heavy atom. The van der Waals surface area contributed by atoms with Gasteiger partial charge >= 0.3 is 5.97 Å². The van der Waals surface area contributed by atoms with Crippen LogP contribution >= 0.6 is 0 Å². The lowest BCUT2D eigenvalue weighted by atomic mass is 9.94. The van der Waals surface area contributed by atoms with Gasteiger partial charge in [0, 0.05) is 12.2 Å². The molecule has 34 heavy (non-hydrogen) atoms. The van der Waals surface area contributed by atoms with Crippen LogP contribution in [0.3, 0.4) is 0 Å². The summed E-state index contributed by atoms with van der Waals surface area (Å²) >= 11 is 0. The molecule has 0 unspecified atom stereocenters. The number of aliphatic imine (C=N–C) groups is 1. The van der Waals surface area contributed by atoms with Crippen LogP contribution in [-0.4, -0.2) is 55.0 Å². The Kier molecular flexibility index (Phi) is 9.22. The van der Waals surface area contributed by atoms with E-state index in [0.29, 0.717) is 30.2 Å². The Morgan fingerprint density at radius 3 is 2.53 bits per heavy atom. The molecular weight excluding hydrogens is 431 g/mol. The molecule has 182 valence electrons. The van der Waals surface area contributed by atoms with Crippen LogP contribution < -0.4 is 5.32 Å². The number of hydrogen-bond donors (Lipinski definition) is 1. The number of rotatable bonds is 10. The molecule has 0 amide bonds. The predicted octanol–water partition coefficient (Wildman–Crippen LogP) is 4.51. The predicted molar refractivity (Wildman–Crippen MR) is 134 cm³/mol. The SMILES string of the molecule is CCN(CC)CCCN=C1N[C@@H](c2cccc(F)c2)C(C(=O)OC)=C(C)N1Cc1ccccc1. The Bertz CT molecular complexity index is 1020. The van der Waals surface area contributed by atoms with Gasteiger partial charge in [-0.2, -0.15) is 0 Å². The molecule has 0 bridgehead atoms. The smallest absolute Gasteiger partial charge is 0.337 e. The molecule has 0 fully saturated rings. The maximum absolute atomic E-state index is 14.1. The van der Waals surface area contributed by atoms with Gasteiger partial charge in [-0.3, -0.25) is 4.99 Å². The quantitative estimate of drug-likeness (QED) is 0.413. The number of guanidine groups is 1. The minimum absolute atomic E-state index is 0.356. The first-order valence-corrected chi connectivity index (χ1v) is 11.9. The van der Waals surface area contributed by atoms with Crippen molar-refractivity contribution in [2.24, 2.45) is 4.99 Å². The molecule has 0 spiro atoms. The van der Waals surface area contributed by atoms with Crippen LogP contribution in [0.1, 0.15) is 44.4 Å². The van der Waals surface area contributed by atoms with Crippen LogP contribution in [0.2, 0.25) is 0 Å². The zero-order valence-corrected chi connectivity index (χ0v) is 20.6. The van der Waals surface area contributed by atoms with Gasteiger partial charge in [0.15, 0.2) is 5.96 Å². The summed E-state index contributed by atoms with van der Waals surface area (Å²) in [5, 5.41) is 3.42. The number of carbonyl (C=O) groups excluding carboxylic acids is 1. The number of hydrogen-bond acceptors (Lipinski definition) is 4. The van der Waals surface area contributed by atoms with Gasteiger partial charge in [0.05, 0.1) is 25.3 Å². The second-order valence-corrected chi connectivity index (χ2v) is 8.28. The number of allylic oxidation sites excluding steroid dienone is 1. The molecule has 1 heterocycles. The van der Waals surface area contributed by atoms with E-state index < -0.39 is 12.0 Å². The Morgan fingerprint density at radius 2 is 1.88 bits per heavy atom. The third kappa shape index (κ3) is 6.23. The topological polar surface area (TPSA) is 57.2 Å². The number of carbonyl (C=O) groups is 1. The van der Waals surface area contributed by atoms with Crippen molar-refractivity contribution in [3.8, 4) is 0 Å². The molecule has 6 nitrogen and oxygen atoms in total. The zero-order valence-electron chi connectivity index (χ0n) is 20.6. The van der Waals surface area contributed by atoms with Crippen molar-refractivity contribution in [1.82, 2.24) is 15.1 Å². The fraction of sp³-hybridized carbons (Fsp3) is 0.407. The number of nitrogens with zero attached hydrogens (tertiary/aromatic N) is 3. The first-order chi connectivity index (χ1) is 16.5. The van der Waals surface area contributed by atoms with Gasteiger partial charge < -0.3 is 19.9 Å². The van der Waals surface area contributed by atoms with E-state index in [1.807, 2.05) is 48.2 Å². The Hall–Kier alpha value is -3.19. The number of methoxy groups -OCH3 is 1. The summed E-state index contributed by atoms with van der Waals surface area (Å²) in [5.74, 6) is -0.133. The highest BCUT2D eigenvalue weighted by molar-refractivity contribution is 5.96. The first kappa shape index (κ1) is 25.4. The van der Waals surface area contributed by atoms with Crippen molar-refractivity contribution >= 4 is 11.9 Å². The van der Waals surface area contributed by atoms with E-state index in [2.05, 4.69) is 24.1 Å². The third-order valence-electron chi connectivity index (χ3n) is 6.17. The highest BCUT2D eigenvalue weighted by Crippen LogP contribution is 2.32. The van der Waals surface area contributed by atoms with Gasteiger partial charge in [-0.15, -0.1) is 0 Å². The highest BCUT2D eigenvalue weighted by atomic mass is 19.1. The Balaban J connectivity index is 1.99. The fourth-order valence-corrected chi connectivity index (χ4v) is 4.21. The second kappa shape index (κ2) is 12.3. The molecule has 0 aliphatic carbocycles. The number of benzene rings is 2. The average molecular weight is 467 g/mol. The van der Waals surface area contributed by atoms with E-state index in [1.54, 1.807) is 6.07 Å². The molecule has 1 aliphatic heterocycles. The average Bonchev–Trinajstić information content (AvgIpc) is 2.86. The van der Waals surface area contributed by atoms with Crippen molar-refractivity contribution < 1.29 is 13.9 Å². The summed E-state index contributed by atoms with van der Waals surface area (Å²) in [6, 6.07) is 15.8. The van der Waals surface area contributed by atoms with E-state index in [0.717, 1.165) is 37.3 Å². The molecule has 0 aromatic heterocycles. The molecule has 2 aromatic carbocycles. The lowest BCUT2D eigenvalue weighted by molar-refractivity contribution is -0.136. The molecular formula is C27H35FN4O2. The van der Waals surface area contributed by atoms with Crippen molar-refractivity contribution in [3.63, 3.8) is 0 Å². The van der Waals surface area contributed by atoms with Crippen molar-refractivity contribution in [2.45, 2.75) is 39.8 Å². The fourth-order valence-electron chi connectivity index (χ4n) is 4.21. The summed E-state index contributed by atoms with van der Waals surface area (Å²) in [7, 11) is 1.36. The normalized spacial score (nSPS) is 17.3. The molecule has 0 saturated carbocycles. The molecule has 3 rings (SSSR count). The standard InChI is InChI=1S/C27H35FN4O2/c1-5-31(6-2)17-11-16-29-27-30-25(22-14-10-15-23(28)18-22)24(26(33)34-4)20(3)32(27)19-21-12-8-7-9-13-21/h7-10,12-15,18,25H,5-6,11,16-17,19H2,1-4H3,(H,29,30)/t25-/m0/s1. The summed E-state index contributed by atoms with van der Waals surface area (Å²) in [4.78, 5) is 22.1. The summed E-state index contributed by atoms with van der Waals surface area (Å²) in [5.41, 5.74) is 2.93. The minimum atomic E-state index is -0.559. The lowest BCUT2D eigenvalue weighted by Crippen LogP contribution is -2.48. The van der Waals surface area contributed by atoms with Crippen LogP contribution in [0.4, 0.5) is 4.39 Å². The molecule has 0 saturated heterocycles. The maximum atomic E-state index is 14.1. The maximum Gasteiger partial charge on any atom is 0.337 e.